The molecule has 1 aliphatic carbocycles. The van der Waals surface area contributed by atoms with Crippen LogP contribution in [0.1, 0.15) is 30.2 Å². The fourth-order valence-electron chi connectivity index (χ4n) is 4.31. The van der Waals surface area contributed by atoms with Crippen molar-refractivity contribution >= 4 is 17.5 Å². The lowest BCUT2D eigenvalue weighted by Gasteiger charge is -2.19. The van der Waals surface area contributed by atoms with Crippen LogP contribution < -0.4 is 19.5 Å². The second-order valence-electron chi connectivity index (χ2n) is 9.14. The Labute approximate surface area is 212 Å². The molecule has 0 bridgehead atoms. The van der Waals surface area contributed by atoms with E-state index in [-0.39, 0.29) is 25.6 Å². The van der Waals surface area contributed by atoms with E-state index in [1.54, 1.807) is 26.2 Å². The number of carbonyl (C=O) groups excluding carboxylic acids is 2. The molecule has 2 amide bonds. The van der Waals surface area contributed by atoms with Crippen LogP contribution in [0.2, 0.25) is 0 Å². The van der Waals surface area contributed by atoms with Crippen LogP contribution in [-0.2, 0) is 10.2 Å². The van der Waals surface area contributed by atoms with E-state index < -0.39 is 17.5 Å². The minimum atomic E-state index is -4.90. The second-order valence-corrected chi connectivity index (χ2v) is 9.14. The van der Waals surface area contributed by atoms with E-state index in [2.05, 4.69) is 10.1 Å². The summed E-state index contributed by atoms with van der Waals surface area (Å²) in [6.45, 7) is 0.122. The van der Waals surface area contributed by atoms with E-state index in [1.807, 2.05) is 6.07 Å². The third-order valence-electron chi connectivity index (χ3n) is 6.42. The van der Waals surface area contributed by atoms with E-state index >= 15 is 0 Å². The van der Waals surface area contributed by atoms with Crippen molar-refractivity contribution < 1.29 is 38.4 Å². The second kappa shape index (κ2) is 9.02. The molecule has 7 nitrogen and oxygen atoms in total. The van der Waals surface area contributed by atoms with Gasteiger partial charge in [0.05, 0.1) is 5.41 Å². The third kappa shape index (κ3) is 4.91. The van der Waals surface area contributed by atoms with E-state index in [9.17, 15) is 22.8 Å². The SMILES string of the molecule is CN(C)C(=O)c1ccc(-c2cc(NC(=O)C3(c4ccc5c(c4)OCO5)CC3)ccc2OC(F)(F)F)cc1.[HH]. The highest BCUT2D eigenvalue weighted by molar-refractivity contribution is 6.02. The summed E-state index contributed by atoms with van der Waals surface area (Å²) < 4.78 is 54.3. The maximum Gasteiger partial charge on any atom is 0.573 e. The fraction of sp³-hybridized carbons (Fsp3) is 0.259. The van der Waals surface area contributed by atoms with Crippen LogP contribution in [0, 0.1) is 0 Å². The number of nitrogens with zero attached hydrogens (tertiary/aromatic N) is 1. The highest BCUT2D eigenvalue weighted by Gasteiger charge is 2.51. The molecular formula is C27H25F3N2O5. The molecular weight excluding hydrogens is 489 g/mol. The number of anilines is 1. The standard InChI is InChI=1S/C27H23F3N2O5.H2/c1-32(2)24(33)17-5-3-16(4-6-17)20-14-19(8-10-21(20)37-27(28,29)30)31-25(34)26(11-12-26)18-7-9-22-23(13-18)36-15-35-22;/h3-10,13-14H,11-12,15H2,1-2H3,(H,31,34);1H. The minimum Gasteiger partial charge on any atom is -0.454 e. The van der Waals surface area contributed by atoms with Gasteiger partial charge in [-0.1, -0.05) is 18.2 Å². The van der Waals surface area contributed by atoms with Gasteiger partial charge in [0.1, 0.15) is 5.75 Å². The molecule has 0 aromatic heterocycles. The maximum absolute atomic E-state index is 13.3. The zero-order valence-electron chi connectivity index (χ0n) is 20.0. The Morgan fingerprint density at radius 1 is 0.973 bits per heavy atom. The number of rotatable bonds is 6. The number of fused-ring (bicyclic) bond motifs is 1. The summed E-state index contributed by atoms with van der Waals surface area (Å²) in [6, 6.07) is 15.5. The Morgan fingerprint density at radius 2 is 1.68 bits per heavy atom. The number of ether oxygens (including phenoxy) is 3. The molecule has 3 aromatic carbocycles. The Kier molecular flexibility index (Phi) is 5.97. The number of amides is 2. The molecule has 2 aliphatic rings. The summed E-state index contributed by atoms with van der Waals surface area (Å²) >= 11 is 0. The van der Waals surface area contributed by atoms with Crippen molar-refractivity contribution in [3.8, 4) is 28.4 Å². The van der Waals surface area contributed by atoms with Gasteiger partial charge in [0.15, 0.2) is 11.5 Å². The molecule has 0 atom stereocenters. The average molecular weight is 515 g/mol. The number of nitrogens with one attached hydrogen (secondary N) is 1. The Balaban J connectivity index is 0.00000336. The molecule has 5 rings (SSSR count). The first kappa shape index (κ1) is 24.5. The van der Waals surface area contributed by atoms with E-state index in [1.165, 1.54) is 41.3 Å². The van der Waals surface area contributed by atoms with Crippen molar-refractivity contribution in [2.24, 2.45) is 0 Å². The smallest absolute Gasteiger partial charge is 0.454 e. The van der Waals surface area contributed by atoms with E-state index in [0.29, 0.717) is 41.2 Å². The van der Waals surface area contributed by atoms with Crippen LogP contribution in [0.25, 0.3) is 11.1 Å². The van der Waals surface area contributed by atoms with Crippen molar-refractivity contribution in [1.29, 1.82) is 0 Å². The molecule has 0 spiro atoms. The van der Waals surface area contributed by atoms with Crippen LogP contribution in [0.4, 0.5) is 18.9 Å². The molecule has 37 heavy (non-hydrogen) atoms. The molecule has 194 valence electrons. The normalized spacial score (nSPS) is 15.2. The van der Waals surface area contributed by atoms with Gasteiger partial charge in [-0.05, 0) is 66.4 Å². The summed E-state index contributed by atoms with van der Waals surface area (Å²) in [5.74, 6) is 0.257. The molecule has 3 aromatic rings. The van der Waals surface area contributed by atoms with Crippen molar-refractivity contribution in [1.82, 2.24) is 4.90 Å². The molecule has 1 heterocycles. The van der Waals surface area contributed by atoms with Crippen LogP contribution >= 0.6 is 0 Å². The van der Waals surface area contributed by atoms with Crippen LogP contribution in [-0.4, -0.2) is 44.0 Å². The predicted molar refractivity (Wildman–Crippen MR) is 131 cm³/mol. The molecule has 10 heteroatoms. The first-order valence-corrected chi connectivity index (χ1v) is 11.5. The van der Waals surface area contributed by atoms with Crippen molar-refractivity contribution in [2.75, 3.05) is 26.2 Å². The lowest BCUT2D eigenvalue weighted by Crippen LogP contribution is -2.27. The van der Waals surface area contributed by atoms with Crippen LogP contribution in [0.5, 0.6) is 17.2 Å². The highest BCUT2D eigenvalue weighted by atomic mass is 19.4. The average Bonchev–Trinajstić information content (AvgIpc) is 3.54. The Bertz CT molecular complexity index is 1370. The summed E-state index contributed by atoms with van der Waals surface area (Å²) in [6.07, 6.45) is -3.65. The molecule has 1 aliphatic heterocycles. The fourth-order valence-corrected chi connectivity index (χ4v) is 4.31. The number of hydrogen-bond acceptors (Lipinski definition) is 5. The van der Waals surface area contributed by atoms with Crippen molar-refractivity contribution in [3.05, 3.63) is 71.8 Å². The monoisotopic (exact) mass is 514 g/mol. The summed E-state index contributed by atoms with van der Waals surface area (Å²) in [5, 5.41) is 2.85. The van der Waals surface area contributed by atoms with Gasteiger partial charge in [-0.15, -0.1) is 13.2 Å². The summed E-state index contributed by atoms with van der Waals surface area (Å²) in [4.78, 5) is 26.9. The molecule has 1 N–H and O–H groups in total. The van der Waals surface area contributed by atoms with Gasteiger partial charge in [-0.3, -0.25) is 9.59 Å². The first-order chi connectivity index (χ1) is 17.6. The highest BCUT2D eigenvalue weighted by Crippen LogP contribution is 2.51. The lowest BCUT2D eigenvalue weighted by molar-refractivity contribution is -0.274. The number of halogens is 3. The van der Waals surface area contributed by atoms with Crippen LogP contribution in [0.15, 0.2) is 60.7 Å². The number of carbonyl (C=O) groups is 2. The van der Waals surface area contributed by atoms with Gasteiger partial charge < -0.3 is 24.4 Å². The summed E-state index contributed by atoms with van der Waals surface area (Å²) in [5.41, 5.74) is 1.24. The Hall–Kier alpha value is -4.21. The topological polar surface area (TPSA) is 77.1 Å². The van der Waals surface area contributed by atoms with Gasteiger partial charge in [0, 0.05) is 32.3 Å². The molecule has 1 saturated carbocycles. The number of alkyl halides is 3. The number of hydrogen-bond donors (Lipinski definition) is 1. The van der Waals surface area contributed by atoms with Gasteiger partial charge in [-0.25, -0.2) is 0 Å². The molecule has 0 unspecified atom stereocenters. The predicted octanol–water partition coefficient (Wildman–Crippen LogP) is 5.60. The zero-order chi connectivity index (χ0) is 26.4. The largest absolute Gasteiger partial charge is 0.573 e. The number of benzene rings is 3. The van der Waals surface area contributed by atoms with Gasteiger partial charge in [0.2, 0.25) is 12.7 Å². The minimum absolute atomic E-state index is 0. The van der Waals surface area contributed by atoms with E-state index in [0.717, 1.165) is 11.6 Å². The van der Waals surface area contributed by atoms with Gasteiger partial charge in [0.25, 0.3) is 5.91 Å². The summed E-state index contributed by atoms with van der Waals surface area (Å²) in [7, 11) is 3.21. The van der Waals surface area contributed by atoms with Gasteiger partial charge in [-0.2, -0.15) is 0 Å². The van der Waals surface area contributed by atoms with Crippen LogP contribution in [0.3, 0.4) is 0 Å². The van der Waals surface area contributed by atoms with Crippen molar-refractivity contribution in [3.63, 3.8) is 0 Å². The molecule has 0 radical (unpaired) electrons. The maximum atomic E-state index is 13.3. The van der Waals surface area contributed by atoms with Crippen molar-refractivity contribution in [2.45, 2.75) is 24.6 Å². The molecule has 1 fully saturated rings. The Morgan fingerprint density at radius 3 is 2.32 bits per heavy atom. The molecule has 0 saturated heterocycles. The first-order valence-electron chi connectivity index (χ1n) is 11.5. The van der Waals surface area contributed by atoms with E-state index in [4.69, 9.17) is 9.47 Å². The third-order valence-corrected chi connectivity index (χ3v) is 6.42. The zero-order valence-corrected chi connectivity index (χ0v) is 20.0. The van der Waals surface area contributed by atoms with Gasteiger partial charge >= 0.3 is 6.36 Å². The lowest BCUT2D eigenvalue weighted by atomic mass is 9.94. The quantitative estimate of drug-likeness (QED) is 0.464.